The molecule has 0 amide bonds. The maximum atomic E-state index is 12.2. The number of aryl methyl sites for hydroxylation is 1. The lowest BCUT2D eigenvalue weighted by Gasteiger charge is -1.99. The molecule has 0 atom stereocenters. The minimum Gasteiger partial charge on any atom is -0.453 e. The summed E-state index contributed by atoms with van der Waals surface area (Å²) in [5.74, 6) is 0.0777. The summed E-state index contributed by atoms with van der Waals surface area (Å²) in [5.41, 5.74) is 0.512. The van der Waals surface area contributed by atoms with E-state index >= 15 is 0 Å². The lowest BCUT2D eigenvalue weighted by atomic mass is 10.2. The molecule has 108 valence electrons. The summed E-state index contributed by atoms with van der Waals surface area (Å²) in [6, 6.07) is 9.16. The Morgan fingerprint density at radius 1 is 1.19 bits per heavy atom. The predicted octanol–water partition coefficient (Wildman–Crippen LogP) is 2.69. The molecule has 2 aromatic heterocycles. The Bertz CT molecular complexity index is 805. The van der Waals surface area contributed by atoms with Gasteiger partial charge in [0.15, 0.2) is 5.76 Å². The summed E-state index contributed by atoms with van der Waals surface area (Å²) in [6.45, 7) is 2.66. The average Bonchev–Trinajstić information content (AvgIpc) is 3.06. The Morgan fingerprint density at radius 3 is 2.71 bits per heavy atom. The number of rotatable bonds is 5. The van der Waals surface area contributed by atoms with Gasteiger partial charge < -0.3 is 4.42 Å². The molecule has 0 aliphatic rings. The van der Waals surface area contributed by atoms with Gasteiger partial charge in [0.2, 0.25) is 5.78 Å². The van der Waals surface area contributed by atoms with Crippen LogP contribution in [-0.2, 0) is 13.1 Å². The fourth-order valence-corrected chi connectivity index (χ4v) is 2.34. The molecule has 2 heterocycles. The van der Waals surface area contributed by atoms with Crippen molar-refractivity contribution in [3.63, 3.8) is 0 Å². The van der Waals surface area contributed by atoms with E-state index in [0.29, 0.717) is 12.1 Å². The zero-order chi connectivity index (χ0) is 14.8. The molecule has 0 fully saturated rings. The monoisotopic (exact) mass is 284 g/mol. The first-order valence-corrected chi connectivity index (χ1v) is 6.96. The largest absolute Gasteiger partial charge is 0.453 e. The summed E-state index contributed by atoms with van der Waals surface area (Å²) in [4.78, 5) is 24.3. The van der Waals surface area contributed by atoms with Gasteiger partial charge >= 0.3 is 5.69 Å². The minimum atomic E-state index is -0.206. The zero-order valence-electron chi connectivity index (χ0n) is 11.8. The molecule has 0 radical (unpaired) electrons. The van der Waals surface area contributed by atoms with Crippen LogP contribution < -0.4 is 5.69 Å². The van der Waals surface area contributed by atoms with Gasteiger partial charge in [0.05, 0.1) is 6.54 Å². The minimum absolute atomic E-state index is 0.00459. The molecule has 0 N–H and O–H groups in total. The molecular weight excluding hydrogens is 268 g/mol. The fourth-order valence-electron chi connectivity index (χ4n) is 2.34. The van der Waals surface area contributed by atoms with Crippen molar-refractivity contribution < 1.29 is 9.21 Å². The third kappa shape index (κ3) is 2.54. The molecule has 21 heavy (non-hydrogen) atoms. The molecule has 5 nitrogen and oxygen atoms in total. The number of furan rings is 1. The Hall–Kier alpha value is -2.56. The van der Waals surface area contributed by atoms with Crippen molar-refractivity contribution in [3.8, 4) is 0 Å². The summed E-state index contributed by atoms with van der Waals surface area (Å²) in [7, 11) is 0. The molecule has 0 spiro atoms. The molecule has 3 aromatic rings. The molecule has 3 rings (SSSR count). The number of Topliss-reactive ketones (excluding diaryl/α,β-unsaturated/α-hetero) is 1. The number of nitrogens with zero attached hydrogens (tertiary/aromatic N) is 2. The van der Waals surface area contributed by atoms with Crippen molar-refractivity contribution in [2.24, 2.45) is 0 Å². The summed E-state index contributed by atoms with van der Waals surface area (Å²) in [5, 5.41) is 0.886. The number of benzene rings is 1. The number of aromatic nitrogens is 2. The van der Waals surface area contributed by atoms with Gasteiger partial charge in [-0.25, -0.2) is 4.79 Å². The fraction of sp³-hybridized carbons (Fsp3) is 0.250. The van der Waals surface area contributed by atoms with Crippen LogP contribution in [0.1, 0.15) is 23.9 Å². The maximum absolute atomic E-state index is 12.2. The highest BCUT2D eigenvalue weighted by atomic mass is 16.3. The van der Waals surface area contributed by atoms with Gasteiger partial charge in [-0.15, -0.1) is 0 Å². The smallest absolute Gasteiger partial charge is 0.328 e. The maximum Gasteiger partial charge on any atom is 0.328 e. The van der Waals surface area contributed by atoms with Crippen LogP contribution in [-0.4, -0.2) is 14.9 Å². The van der Waals surface area contributed by atoms with Gasteiger partial charge in [0.25, 0.3) is 0 Å². The lowest BCUT2D eigenvalue weighted by molar-refractivity contribution is 0.0945. The van der Waals surface area contributed by atoms with Crippen molar-refractivity contribution in [3.05, 3.63) is 59.0 Å². The van der Waals surface area contributed by atoms with E-state index in [0.717, 1.165) is 11.8 Å². The first kappa shape index (κ1) is 13.4. The van der Waals surface area contributed by atoms with E-state index in [-0.39, 0.29) is 23.8 Å². The third-order valence-electron chi connectivity index (χ3n) is 3.40. The molecular formula is C16H16N2O3. The Balaban J connectivity index is 1.84. The molecule has 0 aliphatic heterocycles. The highest BCUT2D eigenvalue weighted by Gasteiger charge is 2.14. The number of imidazole rings is 1. The Kier molecular flexibility index (Phi) is 3.48. The molecule has 1 aromatic carbocycles. The summed E-state index contributed by atoms with van der Waals surface area (Å²) in [6.07, 6.45) is 4.22. The van der Waals surface area contributed by atoms with Crippen LogP contribution >= 0.6 is 0 Å². The standard InChI is InChI=1S/C16H16N2O3/c1-2-7-17-8-9-18(16(17)20)11-13(19)15-10-12-5-3-4-6-14(12)21-15/h3-6,8-10H,2,7,11H2,1H3. The zero-order valence-corrected chi connectivity index (χ0v) is 11.8. The van der Waals surface area contributed by atoms with E-state index in [1.807, 2.05) is 31.2 Å². The van der Waals surface area contributed by atoms with Crippen molar-refractivity contribution in [1.29, 1.82) is 0 Å². The van der Waals surface area contributed by atoms with Gasteiger partial charge in [-0.2, -0.15) is 0 Å². The van der Waals surface area contributed by atoms with Crippen molar-refractivity contribution in [2.75, 3.05) is 0 Å². The predicted molar refractivity (Wildman–Crippen MR) is 79.5 cm³/mol. The molecule has 0 bridgehead atoms. The number of carbonyl (C=O) groups is 1. The van der Waals surface area contributed by atoms with E-state index in [1.165, 1.54) is 4.57 Å². The van der Waals surface area contributed by atoms with Gasteiger partial charge in [0, 0.05) is 24.3 Å². The molecule has 0 aliphatic carbocycles. The quantitative estimate of drug-likeness (QED) is 0.677. The third-order valence-corrected chi connectivity index (χ3v) is 3.40. The number of fused-ring (bicyclic) bond motifs is 1. The van der Waals surface area contributed by atoms with Crippen LogP contribution in [0.2, 0.25) is 0 Å². The molecule has 0 saturated heterocycles. The SMILES string of the molecule is CCCn1ccn(CC(=O)c2cc3ccccc3o2)c1=O. The van der Waals surface area contributed by atoms with E-state index in [4.69, 9.17) is 4.42 Å². The van der Waals surface area contributed by atoms with E-state index in [1.54, 1.807) is 23.0 Å². The van der Waals surface area contributed by atoms with Crippen molar-refractivity contribution in [2.45, 2.75) is 26.4 Å². The van der Waals surface area contributed by atoms with Gasteiger partial charge in [-0.05, 0) is 18.6 Å². The summed E-state index contributed by atoms with van der Waals surface area (Å²) >= 11 is 0. The second kappa shape index (κ2) is 5.44. The van der Waals surface area contributed by atoms with Crippen molar-refractivity contribution >= 4 is 16.8 Å². The van der Waals surface area contributed by atoms with Crippen LogP contribution in [0.4, 0.5) is 0 Å². The number of para-hydroxylation sites is 1. The molecule has 5 heteroatoms. The van der Waals surface area contributed by atoms with Crippen LogP contribution in [0.25, 0.3) is 11.0 Å². The van der Waals surface area contributed by atoms with Crippen LogP contribution in [0.15, 0.2) is 51.9 Å². The van der Waals surface area contributed by atoms with Crippen molar-refractivity contribution in [1.82, 2.24) is 9.13 Å². The number of carbonyl (C=O) groups excluding carboxylic acids is 1. The normalized spacial score (nSPS) is 11.1. The summed E-state index contributed by atoms with van der Waals surface area (Å²) < 4.78 is 8.54. The van der Waals surface area contributed by atoms with Crippen LogP contribution in [0, 0.1) is 0 Å². The van der Waals surface area contributed by atoms with Gasteiger partial charge in [-0.1, -0.05) is 25.1 Å². The van der Waals surface area contributed by atoms with Crippen LogP contribution in [0.3, 0.4) is 0 Å². The first-order chi connectivity index (χ1) is 10.2. The second-order valence-corrected chi connectivity index (χ2v) is 4.97. The highest BCUT2D eigenvalue weighted by molar-refractivity contribution is 5.97. The van der Waals surface area contributed by atoms with E-state index in [9.17, 15) is 9.59 Å². The van der Waals surface area contributed by atoms with Gasteiger partial charge in [-0.3, -0.25) is 13.9 Å². The number of hydrogen-bond acceptors (Lipinski definition) is 3. The molecule has 0 saturated carbocycles. The first-order valence-electron chi connectivity index (χ1n) is 6.96. The Labute approximate surface area is 121 Å². The second-order valence-electron chi connectivity index (χ2n) is 4.97. The Morgan fingerprint density at radius 2 is 1.95 bits per heavy atom. The average molecular weight is 284 g/mol. The van der Waals surface area contributed by atoms with E-state index in [2.05, 4.69) is 0 Å². The van der Waals surface area contributed by atoms with E-state index < -0.39 is 0 Å². The topological polar surface area (TPSA) is 57.1 Å². The number of hydrogen-bond donors (Lipinski definition) is 0. The van der Waals surface area contributed by atoms with Gasteiger partial charge in [0.1, 0.15) is 5.58 Å². The number of ketones is 1. The highest BCUT2D eigenvalue weighted by Crippen LogP contribution is 2.19. The van der Waals surface area contributed by atoms with Crippen LogP contribution in [0.5, 0.6) is 0 Å². The molecule has 0 unspecified atom stereocenters. The lowest BCUT2D eigenvalue weighted by Crippen LogP contribution is -2.26.